The van der Waals surface area contributed by atoms with E-state index >= 15 is 0 Å². The zero-order valence-corrected chi connectivity index (χ0v) is 22.5. The molecular weight excluding hydrogens is 488 g/mol. The third kappa shape index (κ3) is 5.63. The number of methoxy groups -OCH3 is 2. The van der Waals surface area contributed by atoms with Gasteiger partial charge >= 0.3 is 0 Å². The van der Waals surface area contributed by atoms with Gasteiger partial charge in [-0.25, -0.2) is 0 Å². The van der Waals surface area contributed by atoms with Gasteiger partial charge in [-0.1, -0.05) is 6.07 Å². The molecule has 0 spiro atoms. The summed E-state index contributed by atoms with van der Waals surface area (Å²) >= 11 is 0. The standard InChI is InChI=1S/C29H36N2O7/c1-5-38-22-9-8-21(17-19(22)2)27(32)25-26(20-7-10-23(35-3)24(18-20)36-4)31(29(34)28(25)33)12-6-11-30-13-15-37-16-14-30/h7-10,17-18,26,32H,5-6,11-16H2,1-4H3/b27-25-. The summed E-state index contributed by atoms with van der Waals surface area (Å²) in [7, 11) is 3.08. The number of aliphatic hydroxyl groups is 1. The quantitative estimate of drug-likeness (QED) is 0.286. The third-order valence-electron chi connectivity index (χ3n) is 6.99. The van der Waals surface area contributed by atoms with E-state index in [4.69, 9.17) is 18.9 Å². The number of aryl methyl sites for hydroxylation is 1. The summed E-state index contributed by atoms with van der Waals surface area (Å²) < 4.78 is 21.9. The van der Waals surface area contributed by atoms with Gasteiger partial charge < -0.3 is 29.0 Å². The van der Waals surface area contributed by atoms with Crippen LogP contribution in [0.4, 0.5) is 0 Å². The number of nitrogens with zero attached hydrogens (tertiary/aromatic N) is 2. The highest BCUT2D eigenvalue weighted by atomic mass is 16.5. The Bertz CT molecular complexity index is 1200. The van der Waals surface area contributed by atoms with Gasteiger partial charge in [0.05, 0.1) is 45.7 Å². The summed E-state index contributed by atoms with van der Waals surface area (Å²) in [5, 5.41) is 11.4. The maximum absolute atomic E-state index is 13.4. The molecule has 1 amide bonds. The van der Waals surface area contributed by atoms with E-state index in [0.29, 0.717) is 61.2 Å². The molecule has 204 valence electrons. The number of ketones is 1. The van der Waals surface area contributed by atoms with Gasteiger partial charge in [0.25, 0.3) is 11.7 Å². The molecule has 0 radical (unpaired) electrons. The molecule has 4 rings (SSSR count). The zero-order valence-electron chi connectivity index (χ0n) is 22.5. The number of carbonyl (C=O) groups excluding carboxylic acids is 2. The molecule has 0 saturated carbocycles. The van der Waals surface area contributed by atoms with Crippen molar-refractivity contribution in [3.63, 3.8) is 0 Å². The topological polar surface area (TPSA) is 97.8 Å². The molecule has 1 atom stereocenters. The van der Waals surface area contributed by atoms with Crippen molar-refractivity contribution in [2.75, 3.05) is 60.2 Å². The summed E-state index contributed by atoms with van der Waals surface area (Å²) in [6.07, 6.45) is 0.680. The first-order chi connectivity index (χ1) is 18.4. The van der Waals surface area contributed by atoms with Crippen molar-refractivity contribution in [1.82, 2.24) is 9.80 Å². The summed E-state index contributed by atoms with van der Waals surface area (Å²) in [5.74, 6) is 0.147. The molecule has 2 heterocycles. The Labute approximate surface area is 223 Å². The second-order valence-electron chi connectivity index (χ2n) is 9.33. The Hall–Kier alpha value is -3.56. The minimum absolute atomic E-state index is 0.0529. The number of benzene rings is 2. The third-order valence-corrected chi connectivity index (χ3v) is 6.99. The molecule has 2 aliphatic heterocycles. The number of Topliss-reactive ketones (excluding diaryl/α,β-unsaturated/α-hetero) is 1. The van der Waals surface area contributed by atoms with Crippen LogP contribution in [0.5, 0.6) is 17.2 Å². The monoisotopic (exact) mass is 524 g/mol. The fourth-order valence-corrected chi connectivity index (χ4v) is 5.04. The smallest absolute Gasteiger partial charge is 0.295 e. The molecule has 0 aromatic heterocycles. The minimum atomic E-state index is -0.772. The van der Waals surface area contributed by atoms with Crippen molar-refractivity contribution < 1.29 is 33.6 Å². The maximum atomic E-state index is 13.4. The van der Waals surface area contributed by atoms with Gasteiger partial charge in [0, 0.05) is 31.7 Å². The van der Waals surface area contributed by atoms with Crippen molar-refractivity contribution in [3.05, 3.63) is 58.7 Å². The maximum Gasteiger partial charge on any atom is 0.295 e. The Morgan fingerprint density at radius 1 is 1.00 bits per heavy atom. The van der Waals surface area contributed by atoms with E-state index < -0.39 is 17.7 Å². The van der Waals surface area contributed by atoms with Gasteiger partial charge in [0.1, 0.15) is 11.5 Å². The molecule has 9 nitrogen and oxygen atoms in total. The molecule has 2 fully saturated rings. The molecule has 2 saturated heterocycles. The number of hydrogen-bond acceptors (Lipinski definition) is 8. The molecule has 1 unspecified atom stereocenters. The fraction of sp³-hybridized carbons (Fsp3) is 0.448. The molecular formula is C29H36N2O7. The Morgan fingerprint density at radius 3 is 2.37 bits per heavy atom. The SMILES string of the molecule is CCOc1ccc(/C(O)=C2/C(=O)C(=O)N(CCCN3CCOCC3)C2c2ccc(OC)c(OC)c2)cc1C. The predicted molar refractivity (Wildman–Crippen MR) is 143 cm³/mol. The van der Waals surface area contributed by atoms with E-state index in [9.17, 15) is 14.7 Å². The van der Waals surface area contributed by atoms with Crippen LogP contribution in [-0.4, -0.2) is 86.8 Å². The number of rotatable bonds is 10. The second-order valence-corrected chi connectivity index (χ2v) is 9.33. The highest BCUT2D eigenvalue weighted by molar-refractivity contribution is 6.46. The van der Waals surface area contributed by atoms with Crippen LogP contribution in [0.2, 0.25) is 0 Å². The molecule has 0 bridgehead atoms. The molecule has 2 aliphatic rings. The van der Waals surface area contributed by atoms with E-state index in [1.807, 2.05) is 13.8 Å². The first-order valence-electron chi connectivity index (χ1n) is 12.9. The summed E-state index contributed by atoms with van der Waals surface area (Å²) in [5.41, 5.74) is 1.97. The normalized spacial score (nSPS) is 19.6. The van der Waals surface area contributed by atoms with Crippen LogP contribution in [0.15, 0.2) is 42.0 Å². The van der Waals surface area contributed by atoms with Gasteiger partial charge in [-0.2, -0.15) is 0 Å². The number of amides is 1. The summed E-state index contributed by atoms with van der Waals surface area (Å²) in [6, 6.07) is 9.74. The highest BCUT2D eigenvalue weighted by Crippen LogP contribution is 2.42. The molecule has 38 heavy (non-hydrogen) atoms. The predicted octanol–water partition coefficient (Wildman–Crippen LogP) is 3.55. The first-order valence-corrected chi connectivity index (χ1v) is 12.9. The number of likely N-dealkylation sites (tertiary alicyclic amines) is 1. The fourth-order valence-electron chi connectivity index (χ4n) is 5.04. The van der Waals surface area contributed by atoms with E-state index in [1.165, 1.54) is 7.11 Å². The molecule has 2 aromatic rings. The number of morpholine rings is 1. The molecule has 2 aromatic carbocycles. The van der Waals surface area contributed by atoms with Crippen molar-refractivity contribution in [2.45, 2.75) is 26.3 Å². The van der Waals surface area contributed by atoms with Gasteiger partial charge in [-0.3, -0.25) is 14.5 Å². The van der Waals surface area contributed by atoms with Gasteiger partial charge in [-0.15, -0.1) is 0 Å². The average Bonchev–Trinajstić information content (AvgIpc) is 3.19. The van der Waals surface area contributed by atoms with Crippen LogP contribution in [0.3, 0.4) is 0 Å². The number of ether oxygens (including phenoxy) is 4. The van der Waals surface area contributed by atoms with Crippen molar-refractivity contribution in [2.24, 2.45) is 0 Å². The lowest BCUT2D eigenvalue weighted by atomic mass is 9.94. The van der Waals surface area contributed by atoms with Gasteiger partial charge in [0.15, 0.2) is 11.5 Å². The van der Waals surface area contributed by atoms with E-state index in [2.05, 4.69) is 4.90 Å². The number of carbonyl (C=O) groups is 2. The van der Waals surface area contributed by atoms with Crippen LogP contribution in [0.1, 0.15) is 36.1 Å². The summed E-state index contributed by atoms with van der Waals surface area (Å²) in [4.78, 5) is 30.6. The second kappa shape index (κ2) is 12.3. The van der Waals surface area contributed by atoms with Crippen molar-refractivity contribution >= 4 is 17.4 Å². The Morgan fingerprint density at radius 2 is 1.71 bits per heavy atom. The lowest BCUT2D eigenvalue weighted by molar-refractivity contribution is -0.140. The van der Waals surface area contributed by atoms with E-state index in [0.717, 1.165) is 25.2 Å². The van der Waals surface area contributed by atoms with E-state index in [-0.39, 0.29) is 11.3 Å². The van der Waals surface area contributed by atoms with Gasteiger partial charge in [0.2, 0.25) is 0 Å². The Balaban J connectivity index is 1.73. The van der Waals surface area contributed by atoms with Crippen molar-refractivity contribution in [1.29, 1.82) is 0 Å². The first kappa shape index (κ1) is 27.5. The lowest BCUT2D eigenvalue weighted by Gasteiger charge is -2.29. The lowest BCUT2D eigenvalue weighted by Crippen LogP contribution is -2.38. The molecule has 9 heteroatoms. The average molecular weight is 525 g/mol. The van der Waals surface area contributed by atoms with Crippen LogP contribution in [0.25, 0.3) is 5.76 Å². The number of hydrogen-bond donors (Lipinski definition) is 1. The minimum Gasteiger partial charge on any atom is -0.507 e. The highest BCUT2D eigenvalue weighted by Gasteiger charge is 2.46. The van der Waals surface area contributed by atoms with Crippen LogP contribution in [-0.2, 0) is 14.3 Å². The zero-order chi connectivity index (χ0) is 27.2. The van der Waals surface area contributed by atoms with E-state index in [1.54, 1.807) is 48.4 Å². The Kier molecular flexibility index (Phi) is 8.91. The molecule has 0 aliphatic carbocycles. The van der Waals surface area contributed by atoms with Crippen LogP contribution in [0, 0.1) is 6.92 Å². The summed E-state index contributed by atoms with van der Waals surface area (Å²) in [6.45, 7) is 8.50. The van der Waals surface area contributed by atoms with Crippen LogP contribution >= 0.6 is 0 Å². The number of aliphatic hydroxyl groups excluding tert-OH is 1. The molecule has 1 N–H and O–H groups in total. The largest absolute Gasteiger partial charge is 0.507 e. The van der Waals surface area contributed by atoms with Gasteiger partial charge in [-0.05, 0) is 61.7 Å². The van der Waals surface area contributed by atoms with Crippen LogP contribution < -0.4 is 14.2 Å². The van der Waals surface area contributed by atoms with Crippen molar-refractivity contribution in [3.8, 4) is 17.2 Å².